The molecular formula is C56H100O6. The standard InChI is InChI=1S/C56H100O6/c1-4-7-10-13-16-19-22-25-27-28-29-32-34-37-40-43-46-49-55(58)61-52-53(51-60-54(57)48-45-42-39-36-33-30-24-21-18-15-12-9-6-3)62-56(59)50-47-44-41-38-35-31-26-23-20-17-14-11-8-5-2/h16,19,21,24-25,27,29,32,53H,4-15,17-18,20,22-23,26,28,30-31,33-52H2,1-3H3/b19-16-,24-21-,27-25-,32-29-/t53-/m0/s1. The van der Waals surface area contributed by atoms with Crippen molar-refractivity contribution in [2.24, 2.45) is 0 Å². The van der Waals surface area contributed by atoms with Crippen molar-refractivity contribution in [3.63, 3.8) is 0 Å². The highest BCUT2D eigenvalue weighted by Gasteiger charge is 2.19. The Labute approximate surface area is 384 Å². The molecular weight excluding hydrogens is 769 g/mol. The molecule has 0 N–H and O–H groups in total. The van der Waals surface area contributed by atoms with E-state index >= 15 is 0 Å². The molecule has 0 spiro atoms. The Hall–Kier alpha value is -2.63. The van der Waals surface area contributed by atoms with Crippen molar-refractivity contribution in [2.75, 3.05) is 13.2 Å². The lowest BCUT2D eigenvalue weighted by Crippen LogP contribution is -2.30. The van der Waals surface area contributed by atoms with E-state index in [-0.39, 0.29) is 31.1 Å². The summed E-state index contributed by atoms with van der Waals surface area (Å²) in [5.41, 5.74) is 0. The maximum Gasteiger partial charge on any atom is 0.306 e. The summed E-state index contributed by atoms with van der Waals surface area (Å²) in [6.45, 7) is 6.59. The molecule has 0 aromatic rings. The summed E-state index contributed by atoms with van der Waals surface area (Å²) in [4.78, 5) is 38.0. The minimum absolute atomic E-state index is 0.0825. The molecule has 0 amide bonds. The zero-order valence-electron chi connectivity index (χ0n) is 41.1. The van der Waals surface area contributed by atoms with Crippen LogP contribution in [0.4, 0.5) is 0 Å². The zero-order chi connectivity index (χ0) is 45.1. The summed E-state index contributed by atoms with van der Waals surface area (Å²) in [5, 5.41) is 0. The number of unbranched alkanes of at least 4 members (excludes halogenated alkanes) is 29. The molecule has 6 nitrogen and oxygen atoms in total. The molecule has 0 aliphatic carbocycles. The van der Waals surface area contributed by atoms with E-state index in [1.165, 1.54) is 141 Å². The number of rotatable bonds is 48. The van der Waals surface area contributed by atoms with Gasteiger partial charge < -0.3 is 14.2 Å². The molecule has 0 aromatic carbocycles. The summed E-state index contributed by atoms with van der Waals surface area (Å²) >= 11 is 0. The topological polar surface area (TPSA) is 78.9 Å². The van der Waals surface area contributed by atoms with E-state index in [2.05, 4.69) is 69.4 Å². The van der Waals surface area contributed by atoms with Crippen molar-refractivity contribution in [3.8, 4) is 0 Å². The smallest absolute Gasteiger partial charge is 0.306 e. The Bertz CT molecular complexity index is 1090. The van der Waals surface area contributed by atoms with Crippen molar-refractivity contribution in [1.82, 2.24) is 0 Å². The SMILES string of the molecule is CCCCC/C=C\C/C=C\C/C=C\CCCCCCC(=O)OC[C@H](COC(=O)CCCCCCC/C=C\CCCCCC)OC(=O)CCCCCCCCCCCCCCCC. The van der Waals surface area contributed by atoms with E-state index < -0.39 is 6.10 Å². The maximum absolute atomic E-state index is 12.8. The zero-order valence-corrected chi connectivity index (χ0v) is 41.1. The third kappa shape index (κ3) is 48.4. The number of hydrogen-bond donors (Lipinski definition) is 0. The van der Waals surface area contributed by atoms with Crippen LogP contribution in [0.15, 0.2) is 48.6 Å². The fourth-order valence-corrected chi connectivity index (χ4v) is 7.50. The Kier molecular flexibility index (Phi) is 48.8. The molecule has 0 fully saturated rings. The molecule has 0 aliphatic rings. The third-order valence-corrected chi connectivity index (χ3v) is 11.6. The Morgan fingerprint density at radius 2 is 0.581 bits per heavy atom. The van der Waals surface area contributed by atoms with Crippen LogP contribution in [-0.2, 0) is 28.6 Å². The molecule has 0 bridgehead atoms. The first-order chi connectivity index (χ1) is 30.5. The Morgan fingerprint density at radius 3 is 0.968 bits per heavy atom. The molecule has 360 valence electrons. The number of carbonyl (C=O) groups excluding carboxylic acids is 3. The Balaban J connectivity index is 4.40. The molecule has 6 heteroatoms. The summed E-state index contributed by atoms with van der Waals surface area (Å²) in [6, 6.07) is 0. The van der Waals surface area contributed by atoms with Crippen LogP contribution in [0.5, 0.6) is 0 Å². The van der Waals surface area contributed by atoms with Crippen LogP contribution in [0.3, 0.4) is 0 Å². The second-order valence-corrected chi connectivity index (χ2v) is 17.8. The van der Waals surface area contributed by atoms with Gasteiger partial charge in [0.25, 0.3) is 0 Å². The van der Waals surface area contributed by atoms with E-state index in [4.69, 9.17) is 14.2 Å². The molecule has 0 rings (SSSR count). The quantitative estimate of drug-likeness (QED) is 0.0262. The molecule has 0 heterocycles. The summed E-state index contributed by atoms with van der Waals surface area (Å²) in [5.74, 6) is -0.903. The van der Waals surface area contributed by atoms with E-state index in [0.29, 0.717) is 19.3 Å². The van der Waals surface area contributed by atoms with Crippen molar-refractivity contribution in [2.45, 2.75) is 277 Å². The lowest BCUT2D eigenvalue weighted by atomic mass is 10.0. The van der Waals surface area contributed by atoms with Crippen molar-refractivity contribution in [1.29, 1.82) is 0 Å². The molecule has 62 heavy (non-hydrogen) atoms. The Morgan fingerprint density at radius 1 is 0.323 bits per heavy atom. The molecule has 0 radical (unpaired) electrons. The van der Waals surface area contributed by atoms with Crippen LogP contribution in [0, 0.1) is 0 Å². The van der Waals surface area contributed by atoms with Crippen LogP contribution in [0.2, 0.25) is 0 Å². The van der Waals surface area contributed by atoms with Crippen LogP contribution in [-0.4, -0.2) is 37.2 Å². The maximum atomic E-state index is 12.8. The molecule has 0 aromatic heterocycles. The highest BCUT2D eigenvalue weighted by molar-refractivity contribution is 5.71. The first kappa shape index (κ1) is 59.4. The molecule has 0 saturated heterocycles. The fourth-order valence-electron chi connectivity index (χ4n) is 7.50. The lowest BCUT2D eigenvalue weighted by molar-refractivity contribution is -0.167. The van der Waals surface area contributed by atoms with E-state index in [1.54, 1.807) is 0 Å². The predicted molar refractivity (Wildman–Crippen MR) is 265 cm³/mol. The van der Waals surface area contributed by atoms with Gasteiger partial charge in [-0.2, -0.15) is 0 Å². The predicted octanol–water partition coefficient (Wildman–Crippen LogP) is 17.5. The number of carbonyl (C=O) groups is 3. The highest BCUT2D eigenvalue weighted by atomic mass is 16.6. The van der Waals surface area contributed by atoms with Crippen LogP contribution < -0.4 is 0 Å². The van der Waals surface area contributed by atoms with E-state index in [1.807, 2.05) is 0 Å². The number of hydrogen-bond acceptors (Lipinski definition) is 6. The van der Waals surface area contributed by atoms with Gasteiger partial charge in [-0.1, -0.05) is 217 Å². The second kappa shape index (κ2) is 51.0. The number of esters is 3. The highest BCUT2D eigenvalue weighted by Crippen LogP contribution is 2.15. The number of ether oxygens (including phenoxy) is 3. The monoisotopic (exact) mass is 869 g/mol. The van der Waals surface area contributed by atoms with Crippen LogP contribution in [0.1, 0.15) is 271 Å². The molecule has 0 unspecified atom stereocenters. The normalized spacial score (nSPS) is 12.4. The average Bonchev–Trinajstić information content (AvgIpc) is 3.27. The van der Waals surface area contributed by atoms with Gasteiger partial charge in [-0.3, -0.25) is 14.4 Å². The minimum atomic E-state index is -0.782. The van der Waals surface area contributed by atoms with Crippen molar-refractivity contribution >= 4 is 17.9 Å². The minimum Gasteiger partial charge on any atom is -0.462 e. The van der Waals surface area contributed by atoms with Gasteiger partial charge >= 0.3 is 17.9 Å². The second-order valence-electron chi connectivity index (χ2n) is 17.8. The van der Waals surface area contributed by atoms with Crippen LogP contribution >= 0.6 is 0 Å². The van der Waals surface area contributed by atoms with Gasteiger partial charge in [0.2, 0.25) is 0 Å². The van der Waals surface area contributed by atoms with Crippen molar-refractivity contribution < 1.29 is 28.6 Å². The van der Waals surface area contributed by atoms with Gasteiger partial charge in [-0.15, -0.1) is 0 Å². The summed E-state index contributed by atoms with van der Waals surface area (Å²) in [7, 11) is 0. The number of allylic oxidation sites excluding steroid dienone is 8. The fraction of sp³-hybridized carbons (Fsp3) is 0.804. The summed E-state index contributed by atoms with van der Waals surface area (Å²) < 4.78 is 16.8. The van der Waals surface area contributed by atoms with Gasteiger partial charge in [-0.25, -0.2) is 0 Å². The van der Waals surface area contributed by atoms with Gasteiger partial charge in [-0.05, 0) is 83.5 Å². The summed E-state index contributed by atoms with van der Waals surface area (Å²) in [6.07, 6.45) is 60.9. The average molecular weight is 869 g/mol. The molecule has 0 aliphatic heterocycles. The van der Waals surface area contributed by atoms with E-state index in [0.717, 1.165) is 89.9 Å². The first-order valence-corrected chi connectivity index (χ1v) is 26.6. The molecule has 1 atom stereocenters. The van der Waals surface area contributed by atoms with Gasteiger partial charge in [0.05, 0.1) is 0 Å². The third-order valence-electron chi connectivity index (χ3n) is 11.6. The van der Waals surface area contributed by atoms with E-state index in [9.17, 15) is 14.4 Å². The van der Waals surface area contributed by atoms with Gasteiger partial charge in [0.15, 0.2) is 6.10 Å². The largest absolute Gasteiger partial charge is 0.462 e. The first-order valence-electron chi connectivity index (χ1n) is 26.6. The van der Waals surface area contributed by atoms with Crippen LogP contribution in [0.25, 0.3) is 0 Å². The van der Waals surface area contributed by atoms with Crippen molar-refractivity contribution in [3.05, 3.63) is 48.6 Å². The van der Waals surface area contributed by atoms with Gasteiger partial charge in [0.1, 0.15) is 13.2 Å². The molecule has 0 saturated carbocycles. The van der Waals surface area contributed by atoms with Gasteiger partial charge in [0, 0.05) is 19.3 Å². The lowest BCUT2D eigenvalue weighted by Gasteiger charge is -2.18.